The van der Waals surface area contributed by atoms with Crippen LogP contribution >= 0.6 is 12.4 Å². The number of nitrogens with zero attached hydrogens (tertiary/aromatic N) is 1. The standard InChI is InChI=1S/C15H14N2O3.ClH/c18-14(12-4-2-1-3-5-12)17-13(15(19)20)10-11-6-8-16-9-7-11;/h1-9,13H,10H2,(H,17,18)(H,19,20);1H/t13-;/m0./s1. The van der Waals surface area contributed by atoms with Crippen molar-refractivity contribution in [3.05, 3.63) is 66.0 Å². The number of carboxylic acid groups (broad SMARTS) is 1. The SMILES string of the molecule is Cl.O=C(N[C@@H](Cc1ccncc1)C(=O)O)c1ccccc1. The summed E-state index contributed by atoms with van der Waals surface area (Å²) < 4.78 is 0. The molecule has 1 heterocycles. The van der Waals surface area contributed by atoms with E-state index < -0.39 is 17.9 Å². The summed E-state index contributed by atoms with van der Waals surface area (Å²) in [6, 6.07) is 11.0. The van der Waals surface area contributed by atoms with Gasteiger partial charge in [0.2, 0.25) is 0 Å². The van der Waals surface area contributed by atoms with Crippen LogP contribution in [0.5, 0.6) is 0 Å². The van der Waals surface area contributed by atoms with E-state index in [2.05, 4.69) is 10.3 Å². The Balaban J connectivity index is 0.00000220. The number of amides is 1. The molecule has 0 radical (unpaired) electrons. The number of carboxylic acids is 1. The fraction of sp³-hybridized carbons (Fsp3) is 0.133. The largest absolute Gasteiger partial charge is 0.480 e. The normalized spacial score (nSPS) is 11.0. The summed E-state index contributed by atoms with van der Waals surface area (Å²) in [6.45, 7) is 0. The lowest BCUT2D eigenvalue weighted by atomic mass is 10.1. The summed E-state index contributed by atoms with van der Waals surface area (Å²) in [4.78, 5) is 27.1. The van der Waals surface area contributed by atoms with Crippen molar-refractivity contribution >= 4 is 24.3 Å². The lowest BCUT2D eigenvalue weighted by Gasteiger charge is -2.14. The number of aromatic nitrogens is 1. The van der Waals surface area contributed by atoms with Crippen LogP contribution in [0.2, 0.25) is 0 Å². The van der Waals surface area contributed by atoms with E-state index in [9.17, 15) is 14.7 Å². The van der Waals surface area contributed by atoms with E-state index in [-0.39, 0.29) is 18.8 Å². The monoisotopic (exact) mass is 306 g/mol. The Kier molecular flexibility index (Phi) is 6.36. The van der Waals surface area contributed by atoms with Crippen LogP contribution in [0.3, 0.4) is 0 Å². The molecule has 0 aliphatic carbocycles. The molecule has 6 heteroatoms. The predicted octanol–water partition coefficient (Wildman–Crippen LogP) is 1.93. The van der Waals surface area contributed by atoms with Gasteiger partial charge in [0.15, 0.2) is 0 Å². The number of hydrogen-bond donors (Lipinski definition) is 2. The van der Waals surface area contributed by atoms with E-state index in [0.29, 0.717) is 5.56 Å². The molecule has 2 rings (SSSR count). The molecular weight excluding hydrogens is 292 g/mol. The van der Waals surface area contributed by atoms with Gasteiger partial charge in [-0.25, -0.2) is 4.79 Å². The number of nitrogens with one attached hydrogen (secondary N) is 1. The molecular formula is C15H15ClN2O3. The van der Waals surface area contributed by atoms with Crippen molar-refractivity contribution in [2.45, 2.75) is 12.5 Å². The first-order valence-corrected chi connectivity index (χ1v) is 6.14. The summed E-state index contributed by atoms with van der Waals surface area (Å²) in [6.07, 6.45) is 3.40. The summed E-state index contributed by atoms with van der Waals surface area (Å²) in [5.41, 5.74) is 1.24. The zero-order valence-electron chi connectivity index (χ0n) is 11.1. The Bertz CT molecular complexity index is 590. The first kappa shape index (κ1) is 16.7. The van der Waals surface area contributed by atoms with E-state index in [0.717, 1.165) is 5.56 Å². The summed E-state index contributed by atoms with van der Waals surface area (Å²) >= 11 is 0. The van der Waals surface area contributed by atoms with E-state index in [1.165, 1.54) is 0 Å². The maximum absolute atomic E-state index is 12.0. The highest BCUT2D eigenvalue weighted by molar-refractivity contribution is 5.96. The fourth-order valence-electron chi connectivity index (χ4n) is 1.79. The van der Waals surface area contributed by atoms with Crippen LogP contribution in [-0.2, 0) is 11.2 Å². The van der Waals surface area contributed by atoms with E-state index in [1.807, 2.05) is 0 Å². The first-order chi connectivity index (χ1) is 9.66. The minimum absolute atomic E-state index is 0. The third-order valence-electron chi connectivity index (χ3n) is 2.83. The molecule has 0 fully saturated rings. The van der Waals surface area contributed by atoms with Crippen LogP contribution in [0.1, 0.15) is 15.9 Å². The number of benzene rings is 1. The molecule has 0 spiro atoms. The zero-order valence-corrected chi connectivity index (χ0v) is 11.9. The Morgan fingerprint density at radius 1 is 1.10 bits per heavy atom. The molecule has 0 bridgehead atoms. The van der Waals surface area contributed by atoms with Crippen LogP contribution in [0.15, 0.2) is 54.9 Å². The first-order valence-electron chi connectivity index (χ1n) is 6.14. The molecule has 0 aliphatic rings. The maximum Gasteiger partial charge on any atom is 0.326 e. The van der Waals surface area contributed by atoms with Gasteiger partial charge < -0.3 is 10.4 Å². The smallest absolute Gasteiger partial charge is 0.326 e. The highest BCUT2D eigenvalue weighted by atomic mass is 35.5. The van der Waals surface area contributed by atoms with Gasteiger partial charge in [0.1, 0.15) is 6.04 Å². The molecule has 1 atom stereocenters. The van der Waals surface area contributed by atoms with Crippen molar-refractivity contribution in [1.82, 2.24) is 10.3 Å². The minimum atomic E-state index is -1.06. The second-order valence-corrected chi connectivity index (χ2v) is 4.29. The quantitative estimate of drug-likeness (QED) is 0.884. The van der Waals surface area contributed by atoms with Crippen molar-refractivity contribution < 1.29 is 14.7 Å². The van der Waals surface area contributed by atoms with Gasteiger partial charge >= 0.3 is 5.97 Å². The Labute approximate surface area is 128 Å². The molecule has 5 nitrogen and oxygen atoms in total. The molecule has 1 aromatic carbocycles. The van der Waals surface area contributed by atoms with Gasteiger partial charge in [-0.05, 0) is 29.8 Å². The van der Waals surface area contributed by atoms with Gasteiger partial charge in [0, 0.05) is 24.4 Å². The average Bonchev–Trinajstić information content (AvgIpc) is 2.48. The molecule has 21 heavy (non-hydrogen) atoms. The van der Waals surface area contributed by atoms with E-state index in [4.69, 9.17) is 0 Å². The maximum atomic E-state index is 12.0. The Morgan fingerprint density at radius 3 is 2.29 bits per heavy atom. The lowest BCUT2D eigenvalue weighted by molar-refractivity contribution is -0.139. The van der Waals surface area contributed by atoms with Crippen molar-refractivity contribution in [2.75, 3.05) is 0 Å². The third kappa shape index (κ3) is 4.89. The van der Waals surface area contributed by atoms with Crippen molar-refractivity contribution in [3.8, 4) is 0 Å². The van der Waals surface area contributed by atoms with Crippen LogP contribution < -0.4 is 5.32 Å². The van der Waals surface area contributed by atoms with Crippen LogP contribution in [0.25, 0.3) is 0 Å². The topological polar surface area (TPSA) is 79.3 Å². The molecule has 110 valence electrons. The molecule has 0 unspecified atom stereocenters. The van der Waals surface area contributed by atoms with Gasteiger partial charge in [-0.3, -0.25) is 9.78 Å². The molecule has 1 aromatic heterocycles. The average molecular weight is 307 g/mol. The summed E-state index contributed by atoms with van der Waals surface area (Å²) in [5, 5.41) is 11.7. The molecule has 2 aromatic rings. The second-order valence-electron chi connectivity index (χ2n) is 4.29. The van der Waals surface area contributed by atoms with Gasteiger partial charge in [-0.15, -0.1) is 12.4 Å². The van der Waals surface area contributed by atoms with E-state index in [1.54, 1.807) is 54.9 Å². The highest BCUT2D eigenvalue weighted by Crippen LogP contribution is 2.04. The molecule has 0 saturated heterocycles. The van der Waals surface area contributed by atoms with Gasteiger partial charge in [-0.1, -0.05) is 18.2 Å². The summed E-state index contributed by atoms with van der Waals surface area (Å²) in [5.74, 6) is -1.46. The van der Waals surface area contributed by atoms with Crippen LogP contribution in [0, 0.1) is 0 Å². The van der Waals surface area contributed by atoms with Gasteiger partial charge in [0.25, 0.3) is 5.91 Å². The number of carbonyl (C=O) groups is 2. The van der Waals surface area contributed by atoms with Crippen LogP contribution in [0.4, 0.5) is 0 Å². The number of aliphatic carboxylic acids is 1. The van der Waals surface area contributed by atoms with E-state index >= 15 is 0 Å². The molecule has 0 saturated carbocycles. The molecule has 1 amide bonds. The van der Waals surface area contributed by atoms with Crippen molar-refractivity contribution in [3.63, 3.8) is 0 Å². The number of rotatable bonds is 5. The number of carbonyl (C=O) groups excluding carboxylic acids is 1. The number of hydrogen-bond acceptors (Lipinski definition) is 3. The van der Waals surface area contributed by atoms with Crippen molar-refractivity contribution in [2.24, 2.45) is 0 Å². The third-order valence-corrected chi connectivity index (χ3v) is 2.83. The summed E-state index contributed by atoms with van der Waals surface area (Å²) in [7, 11) is 0. The highest BCUT2D eigenvalue weighted by Gasteiger charge is 2.20. The molecule has 2 N–H and O–H groups in total. The predicted molar refractivity (Wildman–Crippen MR) is 80.5 cm³/mol. The molecule has 0 aliphatic heterocycles. The number of halogens is 1. The van der Waals surface area contributed by atoms with Gasteiger partial charge in [0.05, 0.1) is 0 Å². The van der Waals surface area contributed by atoms with Gasteiger partial charge in [-0.2, -0.15) is 0 Å². The second kappa shape index (κ2) is 8.01. The Hall–Kier alpha value is -2.40. The number of pyridine rings is 1. The van der Waals surface area contributed by atoms with Crippen molar-refractivity contribution in [1.29, 1.82) is 0 Å². The minimum Gasteiger partial charge on any atom is -0.480 e. The van der Waals surface area contributed by atoms with Crippen LogP contribution in [-0.4, -0.2) is 28.0 Å². The Morgan fingerprint density at radius 2 is 1.71 bits per heavy atom. The zero-order chi connectivity index (χ0) is 14.4. The fourth-order valence-corrected chi connectivity index (χ4v) is 1.79. The lowest BCUT2D eigenvalue weighted by Crippen LogP contribution is -2.42.